The summed E-state index contributed by atoms with van der Waals surface area (Å²) in [6.45, 7) is 5.49. The zero-order chi connectivity index (χ0) is 9.52. The first kappa shape index (κ1) is 10.3. The average Bonchev–Trinajstić information content (AvgIpc) is 2.59. The number of rotatable bonds is 6. The first-order valence-corrected chi connectivity index (χ1v) is 5.21. The third kappa shape index (κ3) is 3.59. The van der Waals surface area contributed by atoms with Crippen LogP contribution in [0.3, 0.4) is 0 Å². The molecule has 0 fully saturated rings. The van der Waals surface area contributed by atoms with Crippen LogP contribution in [0.1, 0.15) is 26.2 Å². The average molecular weight is 183 g/mol. The number of nitrogens with zero attached hydrogens (tertiary/aromatic N) is 2. The third-order valence-corrected chi connectivity index (χ3v) is 2.18. The highest BCUT2D eigenvalue weighted by molar-refractivity contribution is 4.65. The second-order valence-electron chi connectivity index (χ2n) is 3.45. The number of aryl methyl sites for hydroxylation is 2. The molecule has 3 nitrogen and oxygen atoms in total. The summed E-state index contributed by atoms with van der Waals surface area (Å²) in [6.07, 6.45) is 10.2. The third-order valence-electron chi connectivity index (χ3n) is 2.18. The van der Waals surface area contributed by atoms with Crippen molar-refractivity contribution in [3.63, 3.8) is 0 Å². The molecule has 1 aromatic heterocycles. The predicted molar refractivity (Wildman–Crippen MR) is 51.9 cm³/mol. The van der Waals surface area contributed by atoms with Crippen LogP contribution in [-0.4, -0.2) is 11.1 Å². The molecule has 0 aliphatic heterocycles. The van der Waals surface area contributed by atoms with E-state index in [9.17, 15) is 0 Å². The Kier molecular flexibility index (Phi) is 4.54. The molecule has 1 heterocycles. The lowest BCUT2D eigenvalue weighted by Crippen LogP contribution is -2.51. The zero-order valence-corrected chi connectivity index (χ0v) is 8.58. The molecular weight excluding hydrogens is 162 g/mol. The summed E-state index contributed by atoms with van der Waals surface area (Å²) in [5.41, 5.74) is 3.84. The summed E-state index contributed by atoms with van der Waals surface area (Å²) >= 11 is 0. The van der Waals surface area contributed by atoms with Crippen LogP contribution < -0.4 is 10.3 Å². The molecule has 3 heteroatoms. The van der Waals surface area contributed by atoms with Crippen LogP contribution in [0.2, 0.25) is 0 Å². The largest absolute Gasteiger partial charge is 0.357 e. The molecule has 1 aromatic rings. The Labute approximate surface area is 80.2 Å². The van der Waals surface area contributed by atoms with Crippen LogP contribution >= 0.6 is 0 Å². The fourth-order valence-corrected chi connectivity index (χ4v) is 1.34. The Morgan fingerprint density at radius 1 is 1.38 bits per heavy atom. The van der Waals surface area contributed by atoms with E-state index in [1.54, 1.807) is 0 Å². The molecule has 0 bridgehead atoms. The Morgan fingerprint density at radius 3 is 2.92 bits per heavy atom. The van der Waals surface area contributed by atoms with Crippen molar-refractivity contribution in [2.24, 2.45) is 0 Å². The molecule has 13 heavy (non-hydrogen) atoms. The van der Waals surface area contributed by atoms with Crippen molar-refractivity contribution in [3.8, 4) is 0 Å². The molecule has 0 spiro atoms. The van der Waals surface area contributed by atoms with Gasteiger partial charge >= 0.3 is 0 Å². The van der Waals surface area contributed by atoms with E-state index in [0.29, 0.717) is 0 Å². The second-order valence-corrected chi connectivity index (χ2v) is 3.45. The lowest BCUT2D eigenvalue weighted by molar-refractivity contribution is -0.698. The smallest absolute Gasteiger partial charge is 0.243 e. The maximum atomic E-state index is 3.84. The first-order chi connectivity index (χ1) is 6.36. The van der Waals surface area contributed by atoms with E-state index in [2.05, 4.69) is 40.5 Å². The van der Waals surface area contributed by atoms with Crippen LogP contribution in [0.5, 0.6) is 0 Å². The normalized spacial score (nSPS) is 10.6. The van der Waals surface area contributed by atoms with Gasteiger partial charge in [-0.05, 0) is 6.42 Å². The van der Waals surface area contributed by atoms with Gasteiger partial charge < -0.3 is 5.73 Å². The Hall–Kier alpha value is -0.830. The van der Waals surface area contributed by atoms with Crippen LogP contribution in [0.4, 0.5) is 0 Å². The van der Waals surface area contributed by atoms with Gasteiger partial charge in [-0.1, -0.05) is 13.3 Å². The van der Waals surface area contributed by atoms with Gasteiger partial charge in [-0.3, -0.25) is 0 Å². The van der Waals surface area contributed by atoms with E-state index in [0.717, 1.165) is 19.6 Å². The molecular formula is C10H21N3+2. The predicted octanol–water partition coefficient (Wildman–Crippen LogP) is 0.208. The number of hydrogen-bond donors (Lipinski definition) is 1. The molecule has 1 rings (SSSR count). The van der Waals surface area contributed by atoms with Gasteiger partial charge in [0.2, 0.25) is 6.33 Å². The Bertz CT molecular complexity index is 207. The van der Waals surface area contributed by atoms with E-state index < -0.39 is 0 Å². The van der Waals surface area contributed by atoms with E-state index in [1.165, 1.54) is 19.3 Å². The van der Waals surface area contributed by atoms with Crippen molar-refractivity contribution < 1.29 is 10.3 Å². The molecule has 74 valence electrons. The van der Waals surface area contributed by atoms with E-state index in [-0.39, 0.29) is 0 Å². The van der Waals surface area contributed by atoms with Gasteiger partial charge in [0.05, 0.1) is 19.6 Å². The Morgan fingerprint density at radius 2 is 2.23 bits per heavy atom. The summed E-state index contributed by atoms with van der Waals surface area (Å²) in [7, 11) is 0. The monoisotopic (exact) mass is 183 g/mol. The number of aromatic nitrogens is 2. The highest BCUT2D eigenvalue weighted by Crippen LogP contribution is 1.92. The van der Waals surface area contributed by atoms with Crippen molar-refractivity contribution in [2.75, 3.05) is 6.54 Å². The number of imidazole rings is 1. The minimum atomic E-state index is 1.02. The summed E-state index contributed by atoms with van der Waals surface area (Å²) < 4.78 is 4.49. The minimum absolute atomic E-state index is 1.02. The zero-order valence-electron chi connectivity index (χ0n) is 8.58. The molecule has 3 N–H and O–H groups in total. The van der Waals surface area contributed by atoms with Crippen molar-refractivity contribution in [2.45, 2.75) is 39.3 Å². The topological polar surface area (TPSA) is 36.5 Å². The molecule has 0 aromatic carbocycles. The molecule has 0 aliphatic rings. The minimum Gasteiger partial charge on any atom is -0.357 e. The van der Waals surface area contributed by atoms with Gasteiger partial charge in [-0.2, -0.15) is 0 Å². The van der Waals surface area contributed by atoms with Crippen molar-refractivity contribution in [3.05, 3.63) is 18.7 Å². The number of quaternary nitrogens is 1. The quantitative estimate of drug-likeness (QED) is 0.612. The van der Waals surface area contributed by atoms with Crippen molar-refractivity contribution in [1.29, 1.82) is 0 Å². The van der Waals surface area contributed by atoms with Crippen LogP contribution in [0, 0.1) is 0 Å². The van der Waals surface area contributed by atoms with E-state index >= 15 is 0 Å². The molecule has 0 atom stereocenters. The van der Waals surface area contributed by atoms with Gasteiger partial charge in [0.25, 0.3) is 0 Å². The lowest BCUT2D eigenvalue weighted by atomic mass is 10.3. The highest BCUT2D eigenvalue weighted by Gasteiger charge is 2.01. The van der Waals surface area contributed by atoms with Crippen LogP contribution in [0.15, 0.2) is 18.7 Å². The molecule has 0 unspecified atom stereocenters. The summed E-state index contributed by atoms with van der Waals surface area (Å²) in [5, 5.41) is 0. The maximum absolute atomic E-state index is 3.84. The fourth-order valence-electron chi connectivity index (χ4n) is 1.34. The van der Waals surface area contributed by atoms with E-state index in [1.807, 2.05) is 0 Å². The van der Waals surface area contributed by atoms with Gasteiger partial charge in [0, 0.05) is 6.42 Å². The molecule has 0 amide bonds. The van der Waals surface area contributed by atoms with Crippen molar-refractivity contribution in [1.82, 2.24) is 4.57 Å². The fraction of sp³-hybridized carbons (Fsp3) is 0.700. The summed E-state index contributed by atoms with van der Waals surface area (Å²) in [4.78, 5) is 0. The van der Waals surface area contributed by atoms with Crippen LogP contribution in [-0.2, 0) is 13.1 Å². The number of unbranched alkanes of at least 4 members (excludes halogenated alkanes) is 1. The summed E-state index contributed by atoms with van der Waals surface area (Å²) in [6, 6.07) is 0. The molecule has 0 saturated heterocycles. The number of hydrogen-bond acceptors (Lipinski definition) is 0. The molecule has 0 radical (unpaired) electrons. The van der Waals surface area contributed by atoms with E-state index in [4.69, 9.17) is 0 Å². The van der Waals surface area contributed by atoms with Crippen LogP contribution in [0.25, 0.3) is 0 Å². The molecule has 0 saturated carbocycles. The van der Waals surface area contributed by atoms with Gasteiger partial charge in [0.15, 0.2) is 0 Å². The lowest BCUT2D eigenvalue weighted by Gasteiger charge is -1.93. The first-order valence-electron chi connectivity index (χ1n) is 5.21. The van der Waals surface area contributed by atoms with Crippen molar-refractivity contribution >= 4 is 0 Å². The summed E-state index contributed by atoms with van der Waals surface area (Å²) in [5.74, 6) is 0. The van der Waals surface area contributed by atoms with Gasteiger partial charge in [-0.25, -0.2) is 9.13 Å². The highest BCUT2D eigenvalue weighted by atomic mass is 15.1. The SMILES string of the molecule is CCCCn1cc[n+](CCC[NH3+])c1. The Balaban J connectivity index is 2.34. The second kappa shape index (κ2) is 5.75. The van der Waals surface area contributed by atoms with Gasteiger partial charge in [-0.15, -0.1) is 0 Å². The van der Waals surface area contributed by atoms with Gasteiger partial charge in [0.1, 0.15) is 12.4 Å². The maximum Gasteiger partial charge on any atom is 0.243 e. The standard InChI is InChI=1S/C10H20N3/c1-2-3-6-12-8-9-13(10-12)7-4-5-11/h8-10H,2-7,11H2,1H3/q+1/p+1. The molecule has 0 aliphatic carbocycles.